The van der Waals surface area contributed by atoms with Gasteiger partial charge in [-0.1, -0.05) is 18.2 Å². The molecule has 4 rings (SSSR count). The third kappa shape index (κ3) is 3.28. The van der Waals surface area contributed by atoms with Crippen molar-refractivity contribution >= 4 is 0 Å². The minimum absolute atomic E-state index is 0.130. The van der Waals surface area contributed by atoms with Gasteiger partial charge in [0.25, 0.3) is 0 Å². The van der Waals surface area contributed by atoms with Gasteiger partial charge in [0.2, 0.25) is 0 Å². The van der Waals surface area contributed by atoms with Gasteiger partial charge in [-0.15, -0.1) is 0 Å². The maximum atomic E-state index is 14.1. The van der Waals surface area contributed by atoms with Crippen LogP contribution in [-0.2, 0) is 26.6 Å². The minimum atomic E-state index is -0.130. The summed E-state index contributed by atoms with van der Waals surface area (Å²) >= 11 is 0. The van der Waals surface area contributed by atoms with Crippen LogP contribution in [0.4, 0.5) is 4.39 Å². The lowest BCUT2D eigenvalue weighted by molar-refractivity contribution is 0.306. The van der Waals surface area contributed by atoms with Crippen molar-refractivity contribution in [2.75, 3.05) is 6.54 Å². The molecule has 25 heavy (non-hydrogen) atoms. The maximum absolute atomic E-state index is 14.1. The van der Waals surface area contributed by atoms with Crippen LogP contribution >= 0.6 is 0 Å². The Bertz CT molecular complexity index is 904. The van der Waals surface area contributed by atoms with Crippen LogP contribution in [0.25, 0.3) is 11.1 Å². The Balaban J connectivity index is 1.61. The average Bonchev–Trinajstić information content (AvgIpc) is 3.06. The van der Waals surface area contributed by atoms with Crippen LogP contribution in [0.3, 0.4) is 0 Å². The van der Waals surface area contributed by atoms with Crippen LogP contribution in [0.5, 0.6) is 5.75 Å². The molecule has 2 aromatic carbocycles. The van der Waals surface area contributed by atoms with E-state index in [1.165, 1.54) is 0 Å². The highest BCUT2D eigenvalue weighted by molar-refractivity contribution is 5.70. The van der Waals surface area contributed by atoms with Crippen molar-refractivity contribution in [2.45, 2.75) is 19.6 Å². The van der Waals surface area contributed by atoms with E-state index in [9.17, 15) is 4.39 Å². The Hall–Kier alpha value is -2.66. The number of aryl methyl sites for hydroxylation is 1. The molecule has 0 amide bonds. The molecule has 2 heterocycles. The van der Waals surface area contributed by atoms with Gasteiger partial charge in [0.1, 0.15) is 18.2 Å². The predicted octanol–water partition coefficient (Wildman–Crippen LogP) is 3.45. The van der Waals surface area contributed by atoms with Gasteiger partial charge < -0.3 is 10.1 Å². The van der Waals surface area contributed by atoms with E-state index in [4.69, 9.17) is 4.74 Å². The normalized spacial score (nSPS) is 13.5. The van der Waals surface area contributed by atoms with Crippen LogP contribution in [0.1, 0.15) is 16.7 Å². The number of ether oxygens (including phenoxy) is 1. The number of rotatable bonds is 4. The highest BCUT2D eigenvalue weighted by atomic mass is 19.1. The number of fused-ring (bicyclic) bond motifs is 1. The number of benzene rings is 2. The SMILES string of the molecule is Cn1cc(COc2cccc(-c3ccc(F)c4c3CCNC4)c2)cn1. The molecular formula is C20H20FN3O. The largest absolute Gasteiger partial charge is 0.489 e. The van der Waals surface area contributed by atoms with Crippen molar-refractivity contribution < 1.29 is 9.13 Å². The molecule has 5 heteroatoms. The molecule has 1 N–H and O–H groups in total. The first kappa shape index (κ1) is 15.8. The standard InChI is InChI=1S/C20H20FN3O/c1-24-12-14(10-23-24)13-25-16-4-2-3-15(9-16)17-5-6-20(21)19-11-22-8-7-18(17)19/h2-6,9-10,12,22H,7-8,11,13H2,1H3. The van der Waals surface area contributed by atoms with Crippen LogP contribution in [0.2, 0.25) is 0 Å². The van der Waals surface area contributed by atoms with E-state index in [-0.39, 0.29) is 5.82 Å². The van der Waals surface area contributed by atoms with E-state index in [1.54, 1.807) is 16.9 Å². The van der Waals surface area contributed by atoms with Crippen LogP contribution < -0.4 is 10.1 Å². The second-order valence-corrected chi connectivity index (χ2v) is 6.32. The Labute approximate surface area is 146 Å². The van der Waals surface area contributed by atoms with Crippen molar-refractivity contribution in [3.8, 4) is 16.9 Å². The van der Waals surface area contributed by atoms with Crippen LogP contribution in [0, 0.1) is 5.82 Å². The van der Waals surface area contributed by atoms with Crippen LogP contribution in [0.15, 0.2) is 48.8 Å². The molecule has 1 aliphatic heterocycles. The quantitative estimate of drug-likeness (QED) is 0.792. The monoisotopic (exact) mass is 337 g/mol. The summed E-state index contributed by atoms with van der Waals surface area (Å²) in [5.41, 5.74) is 5.05. The Morgan fingerprint density at radius 2 is 2.16 bits per heavy atom. The van der Waals surface area contributed by atoms with Gasteiger partial charge in [0, 0.05) is 30.9 Å². The zero-order valence-electron chi connectivity index (χ0n) is 14.1. The molecule has 3 aromatic rings. The lowest BCUT2D eigenvalue weighted by Crippen LogP contribution is -2.25. The molecule has 0 atom stereocenters. The summed E-state index contributed by atoms with van der Waals surface area (Å²) in [6.45, 7) is 1.94. The lowest BCUT2D eigenvalue weighted by atomic mass is 9.91. The first-order chi connectivity index (χ1) is 12.2. The number of hydrogen-bond donors (Lipinski definition) is 1. The molecule has 0 radical (unpaired) electrons. The average molecular weight is 337 g/mol. The second-order valence-electron chi connectivity index (χ2n) is 6.32. The van der Waals surface area contributed by atoms with Crippen molar-refractivity contribution in [2.24, 2.45) is 7.05 Å². The second kappa shape index (κ2) is 6.69. The number of aromatic nitrogens is 2. The molecule has 0 aliphatic carbocycles. The maximum Gasteiger partial charge on any atom is 0.128 e. The summed E-state index contributed by atoms with van der Waals surface area (Å²) in [7, 11) is 1.89. The van der Waals surface area contributed by atoms with E-state index in [2.05, 4.69) is 10.4 Å². The number of nitrogens with one attached hydrogen (secondary N) is 1. The first-order valence-corrected chi connectivity index (χ1v) is 8.42. The smallest absolute Gasteiger partial charge is 0.128 e. The fraction of sp³-hybridized carbons (Fsp3) is 0.250. The topological polar surface area (TPSA) is 39.1 Å². The van der Waals surface area contributed by atoms with E-state index >= 15 is 0 Å². The summed E-state index contributed by atoms with van der Waals surface area (Å²) in [6, 6.07) is 11.4. The van der Waals surface area contributed by atoms with Gasteiger partial charge in [0.15, 0.2) is 0 Å². The third-order valence-electron chi connectivity index (χ3n) is 4.54. The summed E-state index contributed by atoms with van der Waals surface area (Å²) < 4.78 is 21.7. The Morgan fingerprint density at radius 1 is 1.24 bits per heavy atom. The van der Waals surface area contributed by atoms with Gasteiger partial charge in [-0.25, -0.2) is 4.39 Å². The van der Waals surface area contributed by atoms with E-state index in [0.717, 1.165) is 46.5 Å². The van der Waals surface area contributed by atoms with Crippen molar-refractivity contribution in [3.05, 3.63) is 71.3 Å². The van der Waals surface area contributed by atoms with Gasteiger partial charge in [-0.3, -0.25) is 4.68 Å². The molecule has 0 saturated heterocycles. The number of hydrogen-bond acceptors (Lipinski definition) is 3. The van der Waals surface area contributed by atoms with E-state index in [1.807, 2.05) is 43.6 Å². The zero-order valence-corrected chi connectivity index (χ0v) is 14.1. The zero-order chi connectivity index (χ0) is 17.2. The Kier molecular flexibility index (Phi) is 4.24. The molecule has 0 unspecified atom stereocenters. The number of nitrogens with zero attached hydrogens (tertiary/aromatic N) is 2. The molecular weight excluding hydrogens is 317 g/mol. The fourth-order valence-corrected chi connectivity index (χ4v) is 3.30. The predicted molar refractivity (Wildman–Crippen MR) is 94.8 cm³/mol. The van der Waals surface area contributed by atoms with Crippen molar-refractivity contribution in [1.82, 2.24) is 15.1 Å². The fourth-order valence-electron chi connectivity index (χ4n) is 3.30. The lowest BCUT2D eigenvalue weighted by Gasteiger charge is -2.21. The minimum Gasteiger partial charge on any atom is -0.489 e. The summed E-state index contributed by atoms with van der Waals surface area (Å²) in [5, 5.41) is 7.39. The highest BCUT2D eigenvalue weighted by Crippen LogP contribution is 2.32. The molecule has 0 fully saturated rings. The summed E-state index contributed by atoms with van der Waals surface area (Å²) in [5.74, 6) is 0.670. The summed E-state index contributed by atoms with van der Waals surface area (Å²) in [4.78, 5) is 0. The molecule has 1 aliphatic rings. The number of halogens is 1. The Morgan fingerprint density at radius 3 is 3.00 bits per heavy atom. The molecule has 1 aromatic heterocycles. The third-order valence-corrected chi connectivity index (χ3v) is 4.54. The molecule has 128 valence electrons. The van der Waals surface area contributed by atoms with Gasteiger partial charge in [-0.2, -0.15) is 5.10 Å². The van der Waals surface area contributed by atoms with Crippen molar-refractivity contribution in [1.29, 1.82) is 0 Å². The van der Waals surface area contributed by atoms with Crippen LogP contribution in [-0.4, -0.2) is 16.3 Å². The first-order valence-electron chi connectivity index (χ1n) is 8.42. The highest BCUT2D eigenvalue weighted by Gasteiger charge is 2.17. The molecule has 4 nitrogen and oxygen atoms in total. The van der Waals surface area contributed by atoms with Gasteiger partial charge in [-0.05, 0) is 47.9 Å². The van der Waals surface area contributed by atoms with Gasteiger partial charge >= 0.3 is 0 Å². The van der Waals surface area contributed by atoms with Gasteiger partial charge in [0.05, 0.1) is 6.20 Å². The van der Waals surface area contributed by atoms with E-state index < -0.39 is 0 Å². The van der Waals surface area contributed by atoms with Crippen molar-refractivity contribution in [3.63, 3.8) is 0 Å². The molecule has 0 saturated carbocycles. The molecule has 0 spiro atoms. The van der Waals surface area contributed by atoms with E-state index in [0.29, 0.717) is 13.2 Å². The molecule has 0 bridgehead atoms. The summed E-state index contributed by atoms with van der Waals surface area (Å²) in [6.07, 6.45) is 4.57.